The largest absolute Gasteiger partial charge is 0.465 e. The highest BCUT2D eigenvalue weighted by Crippen LogP contribution is 2.39. The Bertz CT molecular complexity index is 1040. The SMILES string of the molecule is COC(=O)c1ccc(NC2c3ccccc3C(=O)N2c2ccccc2C)cc1. The average Bonchev–Trinajstić information content (AvgIpc) is 3.00. The minimum atomic E-state index is -0.380. The molecule has 0 saturated heterocycles. The van der Waals surface area contributed by atoms with Gasteiger partial charge in [0.15, 0.2) is 0 Å². The highest BCUT2D eigenvalue weighted by molar-refractivity contribution is 6.11. The second-order valence-electron chi connectivity index (χ2n) is 6.66. The summed E-state index contributed by atoms with van der Waals surface area (Å²) in [7, 11) is 1.36. The molecule has 0 spiro atoms. The summed E-state index contributed by atoms with van der Waals surface area (Å²) in [4.78, 5) is 26.6. The fourth-order valence-electron chi connectivity index (χ4n) is 3.52. The number of methoxy groups -OCH3 is 1. The Balaban J connectivity index is 1.72. The van der Waals surface area contributed by atoms with E-state index in [0.717, 1.165) is 22.5 Å². The van der Waals surface area contributed by atoms with Crippen molar-refractivity contribution in [3.8, 4) is 0 Å². The lowest BCUT2D eigenvalue weighted by molar-refractivity contribution is 0.0600. The van der Waals surface area contributed by atoms with Gasteiger partial charge in [-0.15, -0.1) is 0 Å². The van der Waals surface area contributed by atoms with Crippen LogP contribution in [0.25, 0.3) is 0 Å². The summed E-state index contributed by atoms with van der Waals surface area (Å²) < 4.78 is 4.75. The highest BCUT2D eigenvalue weighted by Gasteiger charge is 2.38. The van der Waals surface area contributed by atoms with Crippen LogP contribution in [0.2, 0.25) is 0 Å². The van der Waals surface area contributed by atoms with Gasteiger partial charge in [0.05, 0.1) is 12.7 Å². The van der Waals surface area contributed by atoms with Gasteiger partial charge in [-0.3, -0.25) is 9.69 Å². The van der Waals surface area contributed by atoms with Gasteiger partial charge >= 0.3 is 5.97 Å². The monoisotopic (exact) mass is 372 g/mol. The predicted octanol–water partition coefficient (Wildman–Crippen LogP) is 4.55. The van der Waals surface area contributed by atoms with Crippen LogP contribution in [0.1, 0.15) is 38.0 Å². The smallest absolute Gasteiger partial charge is 0.337 e. The molecular formula is C23H20N2O3. The van der Waals surface area contributed by atoms with Crippen molar-refractivity contribution < 1.29 is 14.3 Å². The molecule has 5 heteroatoms. The predicted molar refractivity (Wildman–Crippen MR) is 109 cm³/mol. The Morgan fingerprint density at radius 3 is 2.36 bits per heavy atom. The number of para-hydroxylation sites is 1. The van der Waals surface area contributed by atoms with Crippen LogP contribution < -0.4 is 10.2 Å². The summed E-state index contributed by atoms with van der Waals surface area (Å²) in [6.07, 6.45) is -0.339. The summed E-state index contributed by atoms with van der Waals surface area (Å²) in [5.41, 5.74) is 4.79. The third-order valence-electron chi connectivity index (χ3n) is 4.95. The van der Waals surface area contributed by atoms with E-state index in [2.05, 4.69) is 5.32 Å². The van der Waals surface area contributed by atoms with E-state index in [-0.39, 0.29) is 18.0 Å². The molecule has 1 heterocycles. The average molecular weight is 372 g/mol. The molecule has 1 aliphatic rings. The van der Waals surface area contributed by atoms with E-state index in [0.29, 0.717) is 11.1 Å². The van der Waals surface area contributed by atoms with Crippen LogP contribution in [0.3, 0.4) is 0 Å². The fourth-order valence-corrected chi connectivity index (χ4v) is 3.52. The fraction of sp³-hybridized carbons (Fsp3) is 0.130. The molecule has 5 nitrogen and oxygen atoms in total. The minimum Gasteiger partial charge on any atom is -0.465 e. The van der Waals surface area contributed by atoms with Crippen LogP contribution in [-0.4, -0.2) is 19.0 Å². The molecule has 0 aromatic heterocycles. The number of carbonyl (C=O) groups is 2. The highest BCUT2D eigenvalue weighted by atomic mass is 16.5. The maximum Gasteiger partial charge on any atom is 0.337 e. The van der Waals surface area contributed by atoms with E-state index in [1.807, 2.05) is 67.6 Å². The van der Waals surface area contributed by atoms with Crippen molar-refractivity contribution in [2.75, 3.05) is 17.3 Å². The zero-order valence-corrected chi connectivity index (χ0v) is 15.7. The van der Waals surface area contributed by atoms with Gasteiger partial charge in [-0.25, -0.2) is 4.79 Å². The summed E-state index contributed by atoms with van der Waals surface area (Å²) in [5.74, 6) is -0.414. The molecule has 3 aromatic carbocycles. The van der Waals surface area contributed by atoms with E-state index in [4.69, 9.17) is 4.74 Å². The summed E-state index contributed by atoms with van der Waals surface area (Å²) in [6.45, 7) is 1.99. The number of ether oxygens (including phenoxy) is 1. The number of fused-ring (bicyclic) bond motifs is 1. The number of hydrogen-bond acceptors (Lipinski definition) is 4. The summed E-state index contributed by atoms with van der Waals surface area (Å²) >= 11 is 0. The Labute approximate surface area is 163 Å². The molecule has 0 fully saturated rings. The summed E-state index contributed by atoms with van der Waals surface area (Å²) in [6, 6.07) is 22.5. The molecule has 1 unspecified atom stereocenters. The standard InChI is InChI=1S/C23H20N2O3/c1-15-7-3-6-10-20(15)25-21(18-8-4-5-9-19(18)22(25)26)24-17-13-11-16(12-14-17)23(27)28-2/h3-14,21,24H,1-2H3. The van der Waals surface area contributed by atoms with E-state index in [1.54, 1.807) is 17.0 Å². The number of nitrogens with zero attached hydrogens (tertiary/aromatic N) is 1. The second kappa shape index (κ2) is 7.19. The molecule has 140 valence electrons. The zero-order valence-electron chi connectivity index (χ0n) is 15.7. The van der Waals surface area contributed by atoms with Crippen LogP contribution in [0.4, 0.5) is 11.4 Å². The van der Waals surface area contributed by atoms with Crippen molar-refractivity contribution in [1.29, 1.82) is 0 Å². The van der Waals surface area contributed by atoms with E-state index in [9.17, 15) is 9.59 Å². The first-order valence-corrected chi connectivity index (χ1v) is 9.03. The second-order valence-corrected chi connectivity index (χ2v) is 6.66. The molecule has 0 saturated carbocycles. The van der Waals surface area contributed by atoms with Crippen molar-refractivity contribution in [1.82, 2.24) is 0 Å². The van der Waals surface area contributed by atoms with Crippen molar-refractivity contribution in [3.63, 3.8) is 0 Å². The summed E-state index contributed by atoms with van der Waals surface area (Å²) in [5, 5.41) is 3.44. The van der Waals surface area contributed by atoms with Crippen molar-refractivity contribution in [3.05, 3.63) is 95.1 Å². The lowest BCUT2D eigenvalue weighted by Gasteiger charge is -2.28. The Morgan fingerprint density at radius 2 is 1.64 bits per heavy atom. The number of anilines is 2. The third-order valence-corrected chi connectivity index (χ3v) is 4.95. The van der Waals surface area contributed by atoms with E-state index >= 15 is 0 Å². The maximum atomic E-state index is 13.2. The molecule has 1 aliphatic heterocycles. The number of aryl methyl sites for hydroxylation is 1. The van der Waals surface area contributed by atoms with Gasteiger partial charge in [0.1, 0.15) is 6.17 Å². The Hall–Kier alpha value is -3.60. The maximum absolute atomic E-state index is 13.2. The van der Waals surface area contributed by atoms with Gasteiger partial charge < -0.3 is 10.1 Å². The minimum absolute atomic E-state index is 0.0337. The van der Waals surface area contributed by atoms with Gasteiger partial charge in [-0.2, -0.15) is 0 Å². The molecular weight excluding hydrogens is 352 g/mol. The van der Waals surface area contributed by atoms with Gasteiger partial charge in [-0.1, -0.05) is 36.4 Å². The molecule has 0 radical (unpaired) electrons. The lowest BCUT2D eigenvalue weighted by atomic mass is 10.1. The van der Waals surface area contributed by atoms with Crippen LogP contribution in [0, 0.1) is 6.92 Å². The Kier molecular flexibility index (Phi) is 4.57. The number of amides is 1. The molecule has 0 bridgehead atoms. The van der Waals surface area contributed by atoms with Crippen molar-refractivity contribution in [2.45, 2.75) is 13.1 Å². The molecule has 4 rings (SSSR count). The van der Waals surface area contributed by atoms with Crippen LogP contribution in [-0.2, 0) is 4.74 Å². The van der Waals surface area contributed by atoms with Crippen LogP contribution in [0.5, 0.6) is 0 Å². The molecule has 1 atom stereocenters. The molecule has 1 amide bonds. The quantitative estimate of drug-likeness (QED) is 0.683. The normalized spacial score (nSPS) is 15.3. The number of benzene rings is 3. The van der Waals surface area contributed by atoms with E-state index < -0.39 is 0 Å². The first-order chi connectivity index (χ1) is 13.6. The molecule has 0 aliphatic carbocycles. The number of rotatable bonds is 4. The molecule has 28 heavy (non-hydrogen) atoms. The van der Waals surface area contributed by atoms with Crippen LogP contribution >= 0.6 is 0 Å². The number of hydrogen-bond donors (Lipinski definition) is 1. The van der Waals surface area contributed by atoms with Crippen molar-refractivity contribution in [2.24, 2.45) is 0 Å². The molecule has 3 aromatic rings. The van der Waals surface area contributed by atoms with Gasteiger partial charge in [0, 0.05) is 22.5 Å². The van der Waals surface area contributed by atoms with Gasteiger partial charge in [0.2, 0.25) is 0 Å². The van der Waals surface area contributed by atoms with Gasteiger partial charge in [-0.05, 0) is 48.9 Å². The number of nitrogens with one attached hydrogen (secondary N) is 1. The molecule has 1 N–H and O–H groups in total. The Morgan fingerprint density at radius 1 is 0.964 bits per heavy atom. The first-order valence-electron chi connectivity index (χ1n) is 9.03. The first kappa shape index (κ1) is 17.8. The number of carbonyl (C=O) groups excluding carboxylic acids is 2. The van der Waals surface area contributed by atoms with E-state index in [1.165, 1.54) is 7.11 Å². The zero-order chi connectivity index (χ0) is 19.7. The van der Waals surface area contributed by atoms with Crippen molar-refractivity contribution >= 4 is 23.3 Å². The number of esters is 1. The van der Waals surface area contributed by atoms with Crippen LogP contribution in [0.15, 0.2) is 72.8 Å². The van der Waals surface area contributed by atoms with Gasteiger partial charge in [0.25, 0.3) is 5.91 Å². The third kappa shape index (κ3) is 3.01. The topological polar surface area (TPSA) is 58.6 Å². The lowest BCUT2D eigenvalue weighted by Crippen LogP contribution is -2.32.